The van der Waals surface area contributed by atoms with Crippen LogP contribution in [0, 0.1) is 0 Å². The highest BCUT2D eigenvalue weighted by Crippen LogP contribution is 2.33. The smallest absolute Gasteiger partial charge is 0.338 e. The molecule has 4 aromatic rings. The highest BCUT2D eigenvalue weighted by molar-refractivity contribution is 7.10. The third-order valence-electron chi connectivity index (χ3n) is 5.77. The van der Waals surface area contributed by atoms with E-state index in [9.17, 15) is 9.59 Å². The molecule has 0 saturated heterocycles. The standard InChI is InChI=1S/C28H24N2O4S2/c1-3-33-21-13-8-7-12-20(21)16-23-26(31)30-25(22-14-9-15-35-22)24(18(2)29-28(30)36-23)27(32)34-17-19-10-5-4-6-11-19/h4-16,25H,3,17H2,1-2H3/b23-16+. The molecule has 3 heterocycles. The summed E-state index contributed by atoms with van der Waals surface area (Å²) < 4.78 is 13.5. The van der Waals surface area contributed by atoms with E-state index >= 15 is 0 Å². The molecule has 1 atom stereocenters. The summed E-state index contributed by atoms with van der Waals surface area (Å²) in [4.78, 5) is 33.2. The first-order chi connectivity index (χ1) is 17.6. The molecule has 0 fully saturated rings. The molecule has 0 bridgehead atoms. The molecule has 2 aromatic carbocycles. The van der Waals surface area contributed by atoms with Gasteiger partial charge in [0.25, 0.3) is 5.56 Å². The number of allylic oxidation sites excluding steroid dienone is 1. The minimum absolute atomic E-state index is 0.145. The number of para-hydroxylation sites is 1. The first-order valence-corrected chi connectivity index (χ1v) is 13.2. The number of ether oxygens (including phenoxy) is 2. The van der Waals surface area contributed by atoms with Crippen LogP contribution in [0.5, 0.6) is 5.75 Å². The summed E-state index contributed by atoms with van der Waals surface area (Å²) in [6.07, 6.45) is 1.83. The van der Waals surface area contributed by atoms with Crippen molar-refractivity contribution in [1.82, 2.24) is 4.57 Å². The quantitative estimate of drug-likeness (QED) is 0.341. The van der Waals surface area contributed by atoms with E-state index in [-0.39, 0.29) is 12.2 Å². The zero-order valence-corrected chi connectivity index (χ0v) is 21.5. The number of benzene rings is 2. The first kappa shape index (κ1) is 24.0. The molecule has 8 heteroatoms. The summed E-state index contributed by atoms with van der Waals surface area (Å²) >= 11 is 2.80. The van der Waals surface area contributed by atoms with E-state index in [1.54, 1.807) is 11.5 Å². The summed E-state index contributed by atoms with van der Waals surface area (Å²) in [5, 5.41) is 1.94. The fourth-order valence-corrected chi connectivity index (χ4v) is 5.99. The van der Waals surface area contributed by atoms with Gasteiger partial charge in [-0.25, -0.2) is 9.79 Å². The van der Waals surface area contributed by atoms with Gasteiger partial charge in [0.15, 0.2) is 4.80 Å². The molecule has 0 radical (unpaired) electrons. The SMILES string of the molecule is CCOc1ccccc1/C=c1/sc2n(c1=O)C(c1cccs1)C(C(=O)OCc1ccccc1)=C(C)N=2. The Bertz CT molecular complexity index is 1600. The van der Waals surface area contributed by atoms with Gasteiger partial charge >= 0.3 is 5.97 Å². The number of hydrogen-bond acceptors (Lipinski definition) is 7. The highest BCUT2D eigenvalue weighted by Gasteiger charge is 2.34. The zero-order valence-electron chi connectivity index (χ0n) is 19.8. The lowest BCUT2D eigenvalue weighted by atomic mass is 10.0. The van der Waals surface area contributed by atoms with E-state index in [0.29, 0.717) is 33.0 Å². The number of carbonyl (C=O) groups excluding carboxylic acids is 1. The van der Waals surface area contributed by atoms with Crippen molar-refractivity contribution in [2.75, 3.05) is 6.61 Å². The van der Waals surface area contributed by atoms with Crippen LogP contribution in [0.1, 0.15) is 35.9 Å². The summed E-state index contributed by atoms with van der Waals surface area (Å²) in [6.45, 7) is 4.39. The Morgan fingerprint density at radius 2 is 1.86 bits per heavy atom. The van der Waals surface area contributed by atoms with E-state index in [2.05, 4.69) is 4.99 Å². The molecule has 0 N–H and O–H groups in total. The molecule has 6 nitrogen and oxygen atoms in total. The summed E-state index contributed by atoms with van der Waals surface area (Å²) in [7, 11) is 0. The van der Waals surface area contributed by atoms with E-state index < -0.39 is 12.0 Å². The average molecular weight is 517 g/mol. The molecule has 1 aliphatic rings. The lowest BCUT2D eigenvalue weighted by molar-refractivity contribution is -0.140. The Kier molecular flexibility index (Phi) is 6.97. The van der Waals surface area contributed by atoms with Gasteiger partial charge < -0.3 is 9.47 Å². The van der Waals surface area contributed by atoms with Gasteiger partial charge in [-0.05, 0) is 43.0 Å². The lowest BCUT2D eigenvalue weighted by Crippen LogP contribution is -2.39. The lowest BCUT2D eigenvalue weighted by Gasteiger charge is -2.23. The van der Waals surface area contributed by atoms with E-state index in [0.717, 1.165) is 16.0 Å². The van der Waals surface area contributed by atoms with Crippen molar-refractivity contribution in [2.45, 2.75) is 26.5 Å². The van der Waals surface area contributed by atoms with Crippen LogP contribution in [0.4, 0.5) is 0 Å². The number of nitrogens with zero attached hydrogens (tertiary/aromatic N) is 2. The zero-order chi connectivity index (χ0) is 25.1. The molecule has 0 saturated carbocycles. The largest absolute Gasteiger partial charge is 0.493 e. The van der Waals surface area contributed by atoms with Crippen LogP contribution >= 0.6 is 22.7 Å². The van der Waals surface area contributed by atoms with Crippen LogP contribution in [-0.2, 0) is 16.1 Å². The number of thiophene rings is 1. The number of aromatic nitrogens is 1. The van der Waals surface area contributed by atoms with E-state index in [1.165, 1.54) is 22.7 Å². The molecule has 0 spiro atoms. The second kappa shape index (κ2) is 10.5. The van der Waals surface area contributed by atoms with Gasteiger partial charge in [0, 0.05) is 10.4 Å². The Labute approximate surface area is 216 Å². The van der Waals surface area contributed by atoms with Gasteiger partial charge in [0.05, 0.1) is 22.4 Å². The highest BCUT2D eigenvalue weighted by atomic mass is 32.1. The molecule has 1 unspecified atom stereocenters. The monoisotopic (exact) mass is 516 g/mol. The molecular weight excluding hydrogens is 492 g/mol. The van der Waals surface area contributed by atoms with Gasteiger partial charge in [-0.2, -0.15) is 0 Å². The molecule has 1 aliphatic heterocycles. The third kappa shape index (κ3) is 4.69. The Morgan fingerprint density at radius 1 is 1.08 bits per heavy atom. The van der Waals surface area contributed by atoms with Crippen molar-refractivity contribution in [2.24, 2.45) is 4.99 Å². The maximum Gasteiger partial charge on any atom is 0.338 e. The van der Waals surface area contributed by atoms with Crippen molar-refractivity contribution in [3.8, 4) is 5.75 Å². The summed E-state index contributed by atoms with van der Waals surface area (Å²) in [5.74, 6) is 0.233. The number of thiazole rings is 1. The molecule has 5 rings (SSSR count). The van der Waals surface area contributed by atoms with Gasteiger partial charge in [-0.15, -0.1) is 11.3 Å². The van der Waals surface area contributed by atoms with Crippen LogP contribution in [0.25, 0.3) is 6.08 Å². The van der Waals surface area contributed by atoms with Crippen molar-refractivity contribution >= 4 is 34.7 Å². The number of carbonyl (C=O) groups is 1. The van der Waals surface area contributed by atoms with Crippen LogP contribution in [0.3, 0.4) is 0 Å². The van der Waals surface area contributed by atoms with Gasteiger partial charge in [0.2, 0.25) is 0 Å². The third-order valence-corrected chi connectivity index (χ3v) is 7.68. The molecular formula is C28H24N2O4S2. The van der Waals surface area contributed by atoms with Crippen molar-refractivity contribution in [1.29, 1.82) is 0 Å². The molecule has 2 aromatic heterocycles. The minimum atomic E-state index is -0.603. The number of hydrogen-bond donors (Lipinski definition) is 0. The van der Waals surface area contributed by atoms with Gasteiger partial charge in [-0.3, -0.25) is 9.36 Å². The minimum Gasteiger partial charge on any atom is -0.493 e. The second-order valence-corrected chi connectivity index (χ2v) is 10.1. The predicted molar refractivity (Wildman–Crippen MR) is 142 cm³/mol. The molecule has 182 valence electrons. The Balaban J connectivity index is 1.59. The topological polar surface area (TPSA) is 69.9 Å². The van der Waals surface area contributed by atoms with Crippen LogP contribution in [0.2, 0.25) is 0 Å². The fourth-order valence-electron chi connectivity index (χ4n) is 4.13. The second-order valence-electron chi connectivity index (χ2n) is 8.13. The maximum atomic E-state index is 13.7. The summed E-state index contributed by atoms with van der Waals surface area (Å²) in [6, 6.07) is 20.4. The maximum absolute atomic E-state index is 13.7. The average Bonchev–Trinajstić information content (AvgIpc) is 3.52. The molecule has 36 heavy (non-hydrogen) atoms. The normalized spacial score (nSPS) is 15.4. The van der Waals surface area contributed by atoms with Crippen LogP contribution < -0.4 is 19.6 Å². The van der Waals surface area contributed by atoms with Crippen LogP contribution in [-0.4, -0.2) is 17.1 Å². The molecule has 0 amide bonds. The van der Waals surface area contributed by atoms with E-state index in [4.69, 9.17) is 9.47 Å². The van der Waals surface area contributed by atoms with Crippen molar-refractivity contribution < 1.29 is 14.3 Å². The predicted octanol–water partition coefficient (Wildman–Crippen LogP) is 4.44. The van der Waals surface area contributed by atoms with Crippen LogP contribution in [0.15, 0.2) is 93.2 Å². The number of esters is 1. The Morgan fingerprint density at radius 3 is 2.61 bits per heavy atom. The van der Waals surface area contributed by atoms with Crippen molar-refractivity contribution in [3.63, 3.8) is 0 Å². The Hall–Kier alpha value is -3.75. The molecule has 0 aliphatic carbocycles. The van der Waals surface area contributed by atoms with Gasteiger partial charge in [0.1, 0.15) is 18.4 Å². The van der Waals surface area contributed by atoms with Crippen molar-refractivity contribution in [3.05, 3.63) is 119 Å². The fraction of sp³-hybridized carbons (Fsp3) is 0.179. The number of fused-ring (bicyclic) bond motifs is 1. The van der Waals surface area contributed by atoms with E-state index in [1.807, 2.05) is 85.1 Å². The number of rotatable bonds is 7. The first-order valence-electron chi connectivity index (χ1n) is 11.6. The van der Waals surface area contributed by atoms with Gasteiger partial charge in [-0.1, -0.05) is 65.9 Å². The summed E-state index contributed by atoms with van der Waals surface area (Å²) in [5.41, 5.74) is 2.43.